The van der Waals surface area contributed by atoms with Gasteiger partial charge in [-0.2, -0.15) is 0 Å². The number of carbonyl (C=O) groups is 2. The Balaban J connectivity index is 2.56. The maximum atomic E-state index is 11.6. The van der Waals surface area contributed by atoms with E-state index in [2.05, 4.69) is 10.6 Å². The molecule has 0 saturated carbocycles. The summed E-state index contributed by atoms with van der Waals surface area (Å²) >= 11 is 0. The van der Waals surface area contributed by atoms with Crippen LogP contribution in [-0.4, -0.2) is 51.8 Å². The first-order valence-electron chi connectivity index (χ1n) is 6.73. The molecular formula is C15H22N2O4. The summed E-state index contributed by atoms with van der Waals surface area (Å²) in [6.07, 6.45) is 0.629. The van der Waals surface area contributed by atoms with E-state index in [-0.39, 0.29) is 31.1 Å². The number of hydrogen-bond acceptors (Lipinski definition) is 4. The minimum Gasteiger partial charge on any atom is -0.375 e. The van der Waals surface area contributed by atoms with E-state index in [1.165, 1.54) is 14.2 Å². The van der Waals surface area contributed by atoms with E-state index >= 15 is 0 Å². The van der Waals surface area contributed by atoms with Gasteiger partial charge in [-0.05, 0) is 12.0 Å². The van der Waals surface area contributed by atoms with Crippen molar-refractivity contribution < 1.29 is 19.1 Å². The predicted molar refractivity (Wildman–Crippen MR) is 78.8 cm³/mol. The van der Waals surface area contributed by atoms with Gasteiger partial charge >= 0.3 is 0 Å². The fourth-order valence-corrected chi connectivity index (χ4v) is 1.89. The lowest BCUT2D eigenvalue weighted by Crippen LogP contribution is -2.46. The molecule has 0 spiro atoms. The van der Waals surface area contributed by atoms with Crippen molar-refractivity contribution in [3.8, 4) is 0 Å². The van der Waals surface area contributed by atoms with Gasteiger partial charge in [0.1, 0.15) is 13.2 Å². The van der Waals surface area contributed by atoms with Crippen LogP contribution in [0, 0.1) is 0 Å². The minimum atomic E-state index is -0.212. The molecule has 6 heteroatoms. The highest BCUT2D eigenvalue weighted by atomic mass is 16.5. The third kappa shape index (κ3) is 7.43. The second-order valence-corrected chi connectivity index (χ2v) is 4.62. The summed E-state index contributed by atoms with van der Waals surface area (Å²) < 4.78 is 9.55. The largest absolute Gasteiger partial charge is 0.375 e. The molecule has 0 aromatic heterocycles. The Kier molecular flexibility index (Phi) is 8.08. The van der Waals surface area contributed by atoms with Gasteiger partial charge in [0.25, 0.3) is 0 Å². The average Bonchev–Trinajstić information content (AvgIpc) is 2.46. The molecule has 1 atom stereocenters. The fourth-order valence-electron chi connectivity index (χ4n) is 1.89. The van der Waals surface area contributed by atoms with Crippen molar-refractivity contribution in [3.63, 3.8) is 0 Å². The highest BCUT2D eigenvalue weighted by Crippen LogP contribution is 2.03. The van der Waals surface area contributed by atoms with Crippen molar-refractivity contribution >= 4 is 11.8 Å². The van der Waals surface area contributed by atoms with Crippen LogP contribution in [0.25, 0.3) is 0 Å². The van der Waals surface area contributed by atoms with Crippen LogP contribution >= 0.6 is 0 Å². The second kappa shape index (κ2) is 9.90. The summed E-state index contributed by atoms with van der Waals surface area (Å²) in [5.74, 6) is -0.420. The summed E-state index contributed by atoms with van der Waals surface area (Å²) in [5.41, 5.74) is 1.08. The molecule has 116 valence electrons. The summed E-state index contributed by atoms with van der Waals surface area (Å²) in [5, 5.41) is 5.58. The van der Waals surface area contributed by atoms with E-state index in [0.29, 0.717) is 13.0 Å². The molecular weight excluding hydrogens is 272 g/mol. The van der Waals surface area contributed by atoms with E-state index in [1.807, 2.05) is 30.3 Å². The normalized spacial score (nSPS) is 11.7. The minimum absolute atomic E-state index is 0.00267. The van der Waals surface area contributed by atoms with Crippen molar-refractivity contribution in [1.82, 2.24) is 10.6 Å². The first-order chi connectivity index (χ1) is 10.2. The molecule has 0 radical (unpaired) electrons. The third-order valence-electron chi connectivity index (χ3n) is 2.79. The molecule has 0 fully saturated rings. The van der Waals surface area contributed by atoms with Gasteiger partial charge in [-0.1, -0.05) is 30.3 Å². The van der Waals surface area contributed by atoms with E-state index in [4.69, 9.17) is 9.47 Å². The van der Waals surface area contributed by atoms with Crippen LogP contribution in [0.3, 0.4) is 0 Å². The number of rotatable bonds is 9. The highest BCUT2D eigenvalue weighted by Gasteiger charge is 2.14. The van der Waals surface area contributed by atoms with Gasteiger partial charge in [-0.25, -0.2) is 0 Å². The number of carbonyl (C=O) groups excluding carboxylic acids is 2. The third-order valence-corrected chi connectivity index (χ3v) is 2.79. The molecule has 1 aromatic rings. The predicted octanol–water partition coefficient (Wildman–Crippen LogP) is 0.123. The molecule has 2 amide bonds. The van der Waals surface area contributed by atoms with Gasteiger partial charge in [0, 0.05) is 20.8 Å². The standard InChI is InChI=1S/C15H22N2O4/c1-20-10-14(18)16-9-13(17-15(19)11-21-2)8-12-6-4-3-5-7-12/h3-7,13H,8-11H2,1-2H3,(H,16,18)(H,17,19)/t13-/m0/s1. The first kappa shape index (κ1) is 17.1. The number of benzene rings is 1. The molecule has 0 aliphatic heterocycles. The smallest absolute Gasteiger partial charge is 0.246 e. The molecule has 0 heterocycles. The molecule has 6 nitrogen and oxygen atoms in total. The van der Waals surface area contributed by atoms with Crippen LogP contribution in [0.4, 0.5) is 0 Å². The van der Waals surface area contributed by atoms with Gasteiger partial charge in [-0.15, -0.1) is 0 Å². The lowest BCUT2D eigenvalue weighted by Gasteiger charge is -2.19. The van der Waals surface area contributed by atoms with Gasteiger partial charge < -0.3 is 20.1 Å². The van der Waals surface area contributed by atoms with Crippen LogP contribution in [0.5, 0.6) is 0 Å². The number of amides is 2. The fraction of sp³-hybridized carbons (Fsp3) is 0.467. The molecule has 21 heavy (non-hydrogen) atoms. The van der Waals surface area contributed by atoms with Crippen molar-refractivity contribution in [3.05, 3.63) is 35.9 Å². The van der Waals surface area contributed by atoms with E-state index in [9.17, 15) is 9.59 Å². The van der Waals surface area contributed by atoms with Crippen LogP contribution in [0.15, 0.2) is 30.3 Å². The average molecular weight is 294 g/mol. The molecule has 0 aliphatic carbocycles. The maximum Gasteiger partial charge on any atom is 0.246 e. The Labute approximate surface area is 124 Å². The van der Waals surface area contributed by atoms with E-state index < -0.39 is 0 Å². The molecule has 0 saturated heterocycles. The monoisotopic (exact) mass is 294 g/mol. The quantitative estimate of drug-likeness (QED) is 0.678. The Hall–Kier alpha value is -1.92. The Morgan fingerprint density at radius 3 is 2.29 bits per heavy atom. The maximum absolute atomic E-state index is 11.6. The van der Waals surface area contributed by atoms with Crippen molar-refractivity contribution in [2.45, 2.75) is 12.5 Å². The molecule has 1 aromatic carbocycles. The van der Waals surface area contributed by atoms with E-state index in [1.54, 1.807) is 0 Å². The van der Waals surface area contributed by atoms with Gasteiger partial charge in [0.05, 0.1) is 6.04 Å². The number of ether oxygens (including phenoxy) is 2. The molecule has 1 rings (SSSR count). The Bertz CT molecular complexity index is 437. The molecule has 0 aliphatic rings. The zero-order valence-corrected chi connectivity index (χ0v) is 12.4. The van der Waals surface area contributed by atoms with Crippen LogP contribution < -0.4 is 10.6 Å². The van der Waals surface area contributed by atoms with Crippen LogP contribution in [-0.2, 0) is 25.5 Å². The van der Waals surface area contributed by atoms with Crippen molar-refractivity contribution in [2.24, 2.45) is 0 Å². The molecule has 0 bridgehead atoms. The Morgan fingerprint density at radius 1 is 1.05 bits per heavy atom. The summed E-state index contributed by atoms with van der Waals surface area (Å²) in [6.45, 7) is 0.341. The molecule has 0 unspecified atom stereocenters. The summed E-state index contributed by atoms with van der Waals surface area (Å²) in [7, 11) is 2.92. The zero-order chi connectivity index (χ0) is 15.5. The van der Waals surface area contributed by atoms with Crippen LogP contribution in [0.1, 0.15) is 5.56 Å². The lowest BCUT2D eigenvalue weighted by atomic mass is 10.1. The van der Waals surface area contributed by atoms with Gasteiger partial charge in [0.2, 0.25) is 11.8 Å². The second-order valence-electron chi connectivity index (χ2n) is 4.62. The first-order valence-corrected chi connectivity index (χ1v) is 6.73. The SMILES string of the molecule is COCC(=O)NC[C@H](Cc1ccccc1)NC(=O)COC. The topological polar surface area (TPSA) is 76.7 Å². The van der Waals surface area contributed by atoms with Crippen LogP contribution in [0.2, 0.25) is 0 Å². The number of nitrogens with one attached hydrogen (secondary N) is 2. The van der Waals surface area contributed by atoms with Gasteiger partial charge in [-0.3, -0.25) is 9.59 Å². The highest BCUT2D eigenvalue weighted by molar-refractivity contribution is 5.78. The lowest BCUT2D eigenvalue weighted by molar-refractivity contribution is -0.127. The Morgan fingerprint density at radius 2 is 1.67 bits per heavy atom. The van der Waals surface area contributed by atoms with Gasteiger partial charge in [0.15, 0.2) is 0 Å². The van der Waals surface area contributed by atoms with Crippen molar-refractivity contribution in [1.29, 1.82) is 0 Å². The number of hydrogen-bond donors (Lipinski definition) is 2. The van der Waals surface area contributed by atoms with Crippen molar-refractivity contribution in [2.75, 3.05) is 34.0 Å². The molecule has 2 N–H and O–H groups in total. The van der Waals surface area contributed by atoms with E-state index in [0.717, 1.165) is 5.56 Å². The summed E-state index contributed by atoms with van der Waals surface area (Å²) in [4.78, 5) is 23.1. The zero-order valence-electron chi connectivity index (χ0n) is 12.4. The number of methoxy groups -OCH3 is 2. The summed E-state index contributed by atoms with van der Waals surface area (Å²) in [6, 6.07) is 9.57.